The highest BCUT2D eigenvalue weighted by atomic mass is 32.1. The van der Waals surface area contributed by atoms with Crippen molar-refractivity contribution in [2.24, 2.45) is 5.73 Å². The molecule has 0 aromatic carbocycles. The van der Waals surface area contributed by atoms with E-state index >= 15 is 0 Å². The highest BCUT2D eigenvalue weighted by Crippen LogP contribution is 2.01. The molecular formula is C9H21N3S. The summed E-state index contributed by atoms with van der Waals surface area (Å²) in [6.07, 6.45) is 0.985. The minimum atomic E-state index is 0.245. The van der Waals surface area contributed by atoms with E-state index in [0.29, 0.717) is 4.99 Å². The summed E-state index contributed by atoms with van der Waals surface area (Å²) in [5.41, 5.74) is 5.63. The van der Waals surface area contributed by atoms with Gasteiger partial charge in [-0.15, -0.1) is 0 Å². The summed E-state index contributed by atoms with van der Waals surface area (Å²) in [5, 5.41) is 0. The topological polar surface area (TPSA) is 32.5 Å². The van der Waals surface area contributed by atoms with Gasteiger partial charge >= 0.3 is 0 Å². The zero-order chi connectivity index (χ0) is 10.4. The van der Waals surface area contributed by atoms with E-state index < -0.39 is 0 Å². The lowest BCUT2D eigenvalue weighted by molar-refractivity contribution is 0.254. The molecule has 1 unspecified atom stereocenters. The van der Waals surface area contributed by atoms with Crippen molar-refractivity contribution in [2.75, 3.05) is 34.2 Å². The van der Waals surface area contributed by atoms with Crippen molar-refractivity contribution >= 4 is 17.2 Å². The molecule has 2 N–H and O–H groups in total. The standard InChI is InChI=1S/C9H21N3S/c1-5-8(9(10)13)12(4)7-6-11(2)3/h8H,5-7H2,1-4H3,(H2,10,13). The average molecular weight is 203 g/mol. The van der Waals surface area contributed by atoms with E-state index in [4.69, 9.17) is 18.0 Å². The van der Waals surface area contributed by atoms with Crippen molar-refractivity contribution in [3.05, 3.63) is 0 Å². The third kappa shape index (κ3) is 5.18. The van der Waals surface area contributed by atoms with Crippen molar-refractivity contribution in [1.82, 2.24) is 9.80 Å². The maximum atomic E-state index is 5.63. The summed E-state index contributed by atoms with van der Waals surface area (Å²) in [6.45, 7) is 4.15. The zero-order valence-corrected chi connectivity index (χ0v) is 9.90. The molecule has 0 amide bonds. The Labute approximate surface area is 86.9 Å². The van der Waals surface area contributed by atoms with Crippen LogP contribution in [0.2, 0.25) is 0 Å². The van der Waals surface area contributed by atoms with Crippen molar-refractivity contribution in [2.45, 2.75) is 19.4 Å². The fraction of sp³-hybridized carbons (Fsp3) is 0.889. The second kappa shape index (κ2) is 6.29. The zero-order valence-electron chi connectivity index (χ0n) is 9.08. The molecule has 0 rings (SSSR count). The van der Waals surface area contributed by atoms with Crippen molar-refractivity contribution in [3.8, 4) is 0 Å². The number of hydrogen-bond acceptors (Lipinski definition) is 3. The SMILES string of the molecule is CCC(C(N)=S)N(C)CCN(C)C. The van der Waals surface area contributed by atoms with Gasteiger partial charge in [-0.05, 0) is 27.6 Å². The van der Waals surface area contributed by atoms with Crippen LogP contribution >= 0.6 is 12.2 Å². The average Bonchev–Trinajstić information content (AvgIpc) is 2.01. The van der Waals surface area contributed by atoms with Gasteiger partial charge in [-0.1, -0.05) is 19.1 Å². The second-order valence-corrected chi connectivity index (χ2v) is 4.08. The summed E-state index contributed by atoms with van der Waals surface area (Å²) in [5.74, 6) is 0. The fourth-order valence-electron chi connectivity index (χ4n) is 1.24. The van der Waals surface area contributed by atoms with Crippen LogP contribution in [-0.4, -0.2) is 55.1 Å². The molecular weight excluding hydrogens is 182 g/mol. The first kappa shape index (κ1) is 12.8. The van der Waals surface area contributed by atoms with E-state index in [-0.39, 0.29) is 6.04 Å². The van der Waals surface area contributed by atoms with Gasteiger partial charge in [0, 0.05) is 13.1 Å². The quantitative estimate of drug-likeness (QED) is 0.639. The van der Waals surface area contributed by atoms with Crippen molar-refractivity contribution in [1.29, 1.82) is 0 Å². The van der Waals surface area contributed by atoms with E-state index in [1.807, 2.05) is 0 Å². The lowest BCUT2D eigenvalue weighted by Crippen LogP contribution is -2.43. The first-order chi connectivity index (χ1) is 5.99. The van der Waals surface area contributed by atoms with Gasteiger partial charge < -0.3 is 10.6 Å². The third-order valence-corrected chi connectivity index (χ3v) is 2.42. The largest absolute Gasteiger partial charge is 0.392 e. The van der Waals surface area contributed by atoms with Crippen LogP contribution in [0.4, 0.5) is 0 Å². The molecule has 3 nitrogen and oxygen atoms in total. The lowest BCUT2D eigenvalue weighted by atomic mass is 10.2. The predicted octanol–water partition coefficient (Wildman–Crippen LogP) is 0.544. The maximum absolute atomic E-state index is 5.63. The number of rotatable bonds is 6. The molecule has 4 heteroatoms. The van der Waals surface area contributed by atoms with Gasteiger partial charge in [0.1, 0.15) is 0 Å². The van der Waals surface area contributed by atoms with Crippen LogP contribution in [-0.2, 0) is 0 Å². The Morgan fingerprint density at radius 3 is 2.15 bits per heavy atom. The van der Waals surface area contributed by atoms with E-state index in [0.717, 1.165) is 19.5 Å². The van der Waals surface area contributed by atoms with Crippen molar-refractivity contribution < 1.29 is 0 Å². The molecule has 1 atom stereocenters. The van der Waals surface area contributed by atoms with Crippen LogP contribution in [0.3, 0.4) is 0 Å². The van der Waals surface area contributed by atoms with Crippen LogP contribution in [0.1, 0.15) is 13.3 Å². The molecule has 0 heterocycles. The first-order valence-electron chi connectivity index (χ1n) is 4.63. The molecule has 0 radical (unpaired) electrons. The van der Waals surface area contributed by atoms with Crippen LogP contribution in [0, 0.1) is 0 Å². The summed E-state index contributed by atoms with van der Waals surface area (Å²) >= 11 is 4.99. The molecule has 0 spiro atoms. The third-order valence-electron chi connectivity index (χ3n) is 2.15. The highest BCUT2D eigenvalue weighted by Gasteiger charge is 2.14. The van der Waals surface area contributed by atoms with Gasteiger partial charge in [-0.3, -0.25) is 4.90 Å². The van der Waals surface area contributed by atoms with Crippen LogP contribution in [0.5, 0.6) is 0 Å². The summed E-state index contributed by atoms with van der Waals surface area (Å²) in [6, 6.07) is 0.245. The van der Waals surface area contributed by atoms with Gasteiger partial charge in [0.25, 0.3) is 0 Å². The van der Waals surface area contributed by atoms with E-state index in [1.54, 1.807) is 0 Å². The first-order valence-corrected chi connectivity index (χ1v) is 5.04. The molecule has 0 saturated carbocycles. The molecule has 0 fully saturated rings. The van der Waals surface area contributed by atoms with Crippen LogP contribution < -0.4 is 5.73 Å². The molecule has 78 valence electrons. The molecule has 0 aromatic rings. The molecule has 0 bridgehead atoms. The number of nitrogens with two attached hydrogens (primary N) is 1. The number of thiocarbonyl (C=S) groups is 1. The molecule has 0 aliphatic carbocycles. The Kier molecular flexibility index (Phi) is 6.20. The molecule has 0 saturated heterocycles. The Bertz CT molecular complexity index is 159. The predicted molar refractivity (Wildman–Crippen MR) is 62.0 cm³/mol. The van der Waals surface area contributed by atoms with Gasteiger partial charge in [0.2, 0.25) is 0 Å². The Morgan fingerprint density at radius 1 is 1.31 bits per heavy atom. The monoisotopic (exact) mass is 203 g/mol. The van der Waals surface area contributed by atoms with E-state index in [9.17, 15) is 0 Å². The van der Waals surface area contributed by atoms with Crippen LogP contribution in [0.25, 0.3) is 0 Å². The number of likely N-dealkylation sites (N-methyl/N-ethyl adjacent to an activating group) is 2. The van der Waals surface area contributed by atoms with Gasteiger partial charge in [-0.2, -0.15) is 0 Å². The smallest absolute Gasteiger partial charge is 0.0901 e. The van der Waals surface area contributed by atoms with Gasteiger partial charge in [0.15, 0.2) is 0 Å². The maximum Gasteiger partial charge on any atom is 0.0901 e. The van der Waals surface area contributed by atoms with Crippen molar-refractivity contribution in [3.63, 3.8) is 0 Å². The summed E-state index contributed by atoms with van der Waals surface area (Å²) < 4.78 is 0. The van der Waals surface area contributed by atoms with E-state index in [2.05, 4.69) is 37.9 Å². The minimum absolute atomic E-state index is 0.245. The van der Waals surface area contributed by atoms with Crippen LogP contribution in [0.15, 0.2) is 0 Å². The fourth-order valence-corrected chi connectivity index (χ4v) is 1.59. The molecule has 13 heavy (non-hydrogen) atoms. The second-order valence-electron chi connectivity index (χ2n) is 3.61. The summed E-state index contributed by atoms with van der Waals surface area (Å²) in [7, 11) is 6.20. The normalized spacial score (nSPS) is 13.7. The number of hydrogen-bond donors (Lipinski definition) is 1. The van der Waals surface area contributed by atoms with E-state index in [1.165, 1.54) is 0 Å². The molecule has 0 aliphatic heterocycles. The summed E-state index contributed by atoms with van der Waals surface area (Å²) in [4.78, 5) is 4.97. The van der Waals surface area contributed by atoms with Gasteiger partial charge in [0.05, 0.1) is 11.0 Å². The molecule has 0 aromatic heterocycles. The van der Waals surface area contributed by atoms with Gasteiger partial charge in [-0.25, -0.2) is 0 Å². The Hall–Kier alpha value is -0.190. The Balaban J connectivity index is 3.91. The Morgan fingerprint density at radius 2 is 1.85 bits per heavy atom. The highest BCUT2D eigenvalue weighted by molar-refractivity contribution is 7.80. The minimum Gasteiger partial charge on any atom is -0.392 e. The number of nitrogens with zero attached hydrogens (tertiary/aromatic N) is 2. The lowest BCUT2D eigenvalue weighted by Gasteiger charge is -2.27. The molecule has 0 aliphatic rings.